The predicted octanol–water partition coefficient (Wildman–Crippen LogP) is 1.16. The summed E-state index contributed by atoms with van der Waals surface area (Å²) in [7, 11) is 0. The third-order valence-corrected chi connectivity index (χ3v) is 1.33. The van der Waals surface area contributed by atoms with Crippen LogP contribution in [0.2, 0.25) is 0 Å². The number of hydrogen-bond donors (Lipinski definition) is 1. The van der Waals surface area contributed by atoms with Gasteiger partial charge in [0, 0.05) is 6.42 Å². The van der Waals surface area contributed by atoms with Crippen LogP contribution in [0.25, 0.3) is 0 Å². The zero-order chi connectivity index (χ0) is 5.49. The summed E-state index contributed by atoms with van der Waals surface area (Å²) in [4.78, 5) is 0. The van der Waals surface area contributed by atoms with Gasteiger partial charge < -0.3 is 5.73 Å². The zero-order valence-electron chi connectivity index (χ0n) is 4.23. The van der Waals surface area contributed by atoms with Crippen molar-refractivity contribution in [3.63, 3.8) is 0 Å². The highest BCUT2D eigenvalue weighted by atomic mass is 35.5. The van der Waals surface area contributed by atoms with Gasteiger partial charge in [0.15, 0.2) is 0 Å². The minimum absolute atomic E-state index is 0. The third-order valence-electron chi connectivity index (χ3n) is 1.33. The molecule has 2 N–H and O–H groups in total. The fraction of sp³-hybridized carbons (Fsp3) is 1.00. The van der Waals surface area contributed by atoms with E-state index < -0.39 is 12.0 Å². The summed E-state index contributed by atoms with van der Waals surface area (Å²) in [5, 5.41) is 0. The minimum Gasteiger partial charge on any atom is -0.323 e. The van der Waals surface area contributed by atoms with E-state index in [2.05, 4.69) is 0 Å². The quantitative estimate of drug-likeness (QED) is 0.541. The molecule has 0 saturated heterocycles. The van der Waals surface area contributed by atoms with Crippen LogP contribution in [0, 0.1) is 0 Å². The van der Waals surface area contributed by atoms with Crippen LogP contribution in [0.5, 0.6) is 0 Å². The maximum Gasteiger partial charge on any atom is 0.262 e. The molecule has 4 heteroatoms. The number of rotatable bonds is 0. The summed E-state index contributed by atoms with van der Waals surface area (Å²) >= 11 is 0. The van der Waals surface area contributed by atoms with E-state index in [1.54, 1.807) is 0 Å². The van der Waals surface area contributed by atoms with Gasteiger partial charge in [-0.3, -0.25) is 0 Å². The average molecular weight is 144 g/mol. The number of hydrogen-bond acceptors (Lipinski definition) is 1. The highest BCUT2D eigenvalue weighted by Crippen LogP contribution is 2.35. The van der Waals surface area contributed by atoms with Crippen LogP contribution in [0.3, 0.4) is 0 Å². The molecule has 0 amide bonds. The van der Waals surface area contributed by atoms with E-state index >= 15 is 0 Å². The Labute approximate surface area is 52.7 Å². The fourth-order valence-corrected chi connectivity index (χ4v) is 0.529. The molecule has 50 valence electrons. The lowest BCUT2D eigenvalue weighted by Crippen LogP contribution is -2.49. The Balaban J connectivity index is 0.000000490. The molecular weight excluding hydrogens is 136 g/mol. The summed E-state index contributed by atoms with van der Waals surface area (Å²) in [5.41, 5.74) is 4.91. The van der Waals surface area contributed by atoms with Gasteiger partial charge in [-0.25, -0.2) is 8.78 Å². The van der Waals surface area contributed by atoms with Crippen molar-refractivity contribution in [3.05, 3.63) is 0 Å². The summed E-state index contributed by atoms with van der Waals surface area (Å²) in [6, 6.07) is -0.854. The van der Waals surface area contributed by atoms with Crippen molar-refractivity contribution in [2.24, 2.45) is 5.73 Å². The summed E-state index contributed by atoms with van der Waals surface area (Å²) in [5.74, 6) is -2.54. The highest BCUT2D eigenvalue weighted by Gasteiger charge is 2.45. The molecule has 0 aromatic carbocycles. The second-order valence-electron chi connectivity index (χ2n) is 1.91. The molecule has 8 heavy (non-hydrogen) atoms. The van der Waals surface area contributed by atoms with Gasteiger partial charge in [-0.1, -0.05) is 0 Å². The number of halogens is 3. The molecule has 0 heterocycles. The summed E-state index contributed by atoms with van der Waals surface area (Å²) < 4.78 is 23.6. The Morgan fingerprint density at radius 3 is 1.88 bits per heavy atom. The van der Waals surface area contributed by atoms with E-state index in [1.807, 2.05) is 0 Å². The second kappa shape index (κ2) is 2.15. The van der Waals surface area contributed by atoms with Gasteiger partial charge in [-0.2, -0.15) is 0 Å². The first-order chi connectivity index (χ1) is 3.13. The van der Waals surface area contributed by atoms with Crippen LogP contribution in [-0.2, 0) is 0 Å². The molecule has 0 bridgehead atoms. The van der Waals surface area contributed by atoms with E-state index in [0.717, 1.165) is 0 Å². The molecule has 1 saturated carbocycles. The molecule has 1 aliphatic carbocycles. The lowest BCUT2D eigenvalue weighted by Gasteiger charge is -2.32. The SMILES string of the molecule is Cl.NC1CCC1(F)F. The van der Waals surface area contributed by atoms with Gasteiger partial charge in [0.25, 0.3) is 5.92 Å². The van der Waals surface area contributed by atoms with Gasteiger partial charge in [0.2, 0.25) is 0 Å². The Bertz CT molecular complexity index is 86.1. The molecule has 1 unspecified atom stereocenters. The standard InChI is InChI=1S/C4H7F2N.ClH/c5-4(6)2-1-3(4)7;/h3H,1-2,7H2;1H. The zero-order valence-corrected chi connectivity index (χ0v) is 5.05. The van der Waals surface area contributed by atoms with E-state index in [4.69, 9.17) is 5.73 Å². The van der Waals surface area contributed by atoms with Crippen molar-refractivity contribution in [3.8, 4) is 0 Å². The Kier molecular flexibility index (Phi) is 2.18. The van der Waals surface area contributed by atoms with Crippen LogP contribution in [0.1, 0.15) is 12.8 Å². The van der Waals surface area contributed by atoms with Gasteiger partial charge in [-0.05, 0) is 6.42 Å². The van der Waals surface area contributed by atoms with Crippen molar-refractivity contribution in [2.75, 3.05) is 0 Å². The summed E-state index contributed by atoms with van der Waals surface area (Å²) in [6.45, 7) is 0. The van der Waals surface area contributed by atoms with Crippen molar-refractivity contribution < 1.29 is 8.78 Å². The normalized spacial score (nSPS) is 32.6. The van der Waals surface area contributed by atoms with Crippen molar-refractivity contribution >= 4 is 12.4 Å². The molecule has 0 spiro atoms. The molecule has 0 aromatic heterocycles. The molecular formula is C4H8ClF2N. The first-order valence-electron chi connectivity index (χ1n) is 2.26. The van der Waals surface area contributed by atoms with E-state index in [0.29, 0.717) is 6.42 Å². The molecule has 0 aliphatic heterocycles. The molecule has 1 aliphatic rings. The Morgan fingerprint density at radius 2 is 1.88 bits per heavy atom. The Morgan fingerprint density at radius 1 is 1.50 bits per heavy atom. The lowest BCUT2D eigenvalue weighted by molar-refractivity contribution is -0.0921. The van der Waals surface area contributed by atoms with Crippen molar-refractivity contribution in [1.82, 2.24) is 0 Å². The van der Waals surface area contributed by atoms with Gasteiger partial charge in [0.1, 0.15) is 0 Å². The number of nitrogens with two attached hydrogens (primary N) is 1. The monoisotopic (exact) mass is 143 g/mol. The first-order valence-corrected chi connectivity index (χ1v) is 2.26. The molecule has 1 nitrogen and oxygen atoms in total. The largest absolute Gasteiger partial charge is 0.323 e. The highest BCUT2D eigenvalue weighted by molar-refractivity contribution is 5.85. The van der Waals surface area contributed by atoms with Gasteiger partial charge >= 0.3 is 0 Å². The maximum atomic E-state index is 11.8. The van der Waals surface area contributed by atoms with Crippen LogP contribution in [-0.4, -0.2) is 12.0 Å². The molecule has 1 fully saturated rings. The van der Waals surface area contributed by atoms with E-state index in [-0.39, 0.29) is 18.8 Å². The van der Waals surface area contributed by atoms with Gasteiger partial charge in [-0.15, -0.1) is 12.4 Å². The van der Waals surface area contributed by atoms with Crippen LogP contribution in [0.4, 0.5) is 8.78 Å². The second-order valence-corrected chi connectivity index (χ2v) is 1.91. The molecule has 0 radical (unpaired) electrons. The van der Waals surface area contributed by atoms with Gasteiger partial charge in [0.05, 0.1) is 6.04 Å². The predicted molar refractivity (Wildman–Crippen MR) is 29.4 cm³/mol. The fourth-order valence-electron chi connectivity index (χ4n) is 0.529. The van der Waals surface area contributed by atoms with E-state index in [1.165, 1.54) is 0 Å². The maximum absolute atomic E-state index is 11.8. The van der Waals surface area contributed by atoms with Crippen LogP contribution >= 0.6 is 12.4 Å². The first kappa shape index (κ1) is 8.11. The van der Waals surface area contributed by atoms with Crippen LogP contribution in [0.15, 0.2) is 0 Å². The van der Waals surface area contributed by atoms with Crippen molar-refractivity contribution in [1.29, 1.82) is 0 Å². The summed E-state index contributed by atoms with van der Waals surface area (Å²) in [6.07, 6.45) is 0.459. The average Bonchev–Trinajstić information content (AvgIpc) is 1.63. The van der Waals surface area contributed by atoms with Crippen molar-refractivity contribution in [2.45, 2.75) is 24.8 Å². The Hall–Kier alpha value is 0.110. The topological polar surface area (TPSA) is 26.0 Å². The molecule has 1 rings (SSSR count). The minimum atomic E-state index is -2.54. The molecule has 0 aromatic rings. The number of alkyl halides is 2. The molecule has 1 atom stereocenters. The smallest absolute Gasteiger partial charge is 0.262 e. The van der Waals surface area contributed by atoms with Crippen LogP contribution < -0.4 is 5.73 Å². The third kappa shape index (κ3) is 1.09. The van der Waals surface area contributed by atoms with E-state index in [9.17, 15) is 8.78 Å². The lowest BCUT2D eigenvalue weighted by atomic mass is 9.89.